The van der Waals surface area contributed by atoms with Gasteiger partial charge < -0.3 is 10.2 Å². The summed E-state index contributed by atoms with van der Waals surface area (Å²) in [7, 11) is -3.95. The Bertz CT molecular complexity index is 1200. The predicted molar refractivity (Wildman–Crippen MR) is 127 cm³/mol. The number of nitrogens with zero attached hydrogens (tertiary/aromatic N) is 1. The van der Waals surface area contributed by atoms with Crippen LogP contribution in [0, 0.1) is 0 Å². The lowest BCUT2D eigenvalue weighted by Gasteiger charge is -2.28. The molecule has 4 rings (SSSR count). The number of thioether (sulfide) groups is 1. The van der Waals surface area contributed by atoms with Gasteiger partial charge in [0.1, 0.15) is 0 Å². The summed E-state index contributed by atoms with van der Waals surface area (Å²) in [5, 5.41) is 1.82. The second kappa shape index (κ2) is 9.56. The van der Waals surface area contributed by atoms with Gasteiger partial charge in [-0.3, -0.25) is 19.1 Å². The molecule has 1 saturated heterocycles. The molecule has 10 heteroatoms. The van der Waals surface area contributed by atoms with Crippen LogP contribution in [0.25, 0.3) is 0 Å². The highest BCUT2D eigenvalue weighted by atomic mass is 32.2. The van der Waals surface area contributed by atoms with Crippen molar-refractivity contribution in [3.05, 3.63) is 48.0 Å². The van der Waals surface area contributed by atoms with Gasteiger partial charge in [0.05, 0.1) is 10.6 Å². The molecular weight excluding hydrogens is 462 g/mol. The molecule has 174 valence electrons. The van der Waals surface area contributed by atoms with Crippen molar-refractivity contribution in [2.45, 2.75) is 47.6 Å². The maximum Gasteiger partial charge on any atom is 0.261 e. The summed E-state index contributed by atoms with van der Waals surface area (Å²) in [6, 6.07) is 10.6. The average molecular weight is 488 g/mol. The van der Waals surface area contributed by atoms with Gasteiger partial charge in [0, 0.05) is 29.2 Å². The summed E-state index contributed by atoms with van der Waals surface area (Å²) in [5.41, 5.74) is 1.01. The third kappa shape index (κ3) is 5.22. The number of anilines is 2. The minimum Gasteiger partial charge on any atom is -0.341 e. The molecule has 2 aromatic carbocycles. The van der Waals surface area contributed by atoms with Crippen molar-refractivity contribution >= 4 is 50.8 Å². The lowest BCUT2D eigenvalue weighted by molar-refractivity contribution is -0.133. The van der Waals surface area contributed by atoms with Gasteiger partial charge in [0.2, 0.25) is 11.8 Å². The standard InChI is InChI=1S/C23H25N3O5S2/c1-15(27)16-7-6-8-17(13-16)25-33(30,31)18-9-10-20-19(14-18)24-22(28)21(32-20)23(29)26-11-4-2-3-5-12-26/h6-10,13-14,21,25H,2-5,11-12H2,1H3,(H,24,28). The molecule has 2 aliphatic rings. The van der Waals surface area contributed by atoms with E-state index < -0.39 is 21.2 Å². The zero-order chi connectivity index (χ0) is 23.6. The number of fused-ring (bicyclic) bond motifs is 1. The van der Waals surface area contributed by atoms with E-state index in [2.05, 4.69) is 10.0 Å². The van der Waals surface area contributed by atoms with Crippen LogP contribution in [0.2, 0.25) is 0 Å². The van der Waals surface area contributed by atoms with Crippen molar-refractivity contribution in [2.75, 3.05) is 23.1 Å². The second-order valence-electron chi connectivity index (χ2n) is 8.13. The molecule has 2 N–H and O–H groups in total. The highest BCUT2D eigenvalue weighted by molar-refractivity contribution is 8.01. The number of rotatable bonds is 5. The normalized spacial score (nSPS) is 18.6. The summed E-state index contributed by atoms with van der Waals surface area (Å²) in [5.74, 6) is -0.818. The maximum atomic E-state index is 12.9. The molecule has 8 nitrogen and oxygen atoms in total. The lowest BCUT2D eigenvalue weighted by Crippen LogP contribution is -2.45. The first-order valence-electron chi connectivity index (χ1n) is 10.8. The van der Waals surface area contributed by atoms with Gasteiger partial charge in [0.15, 0.2) is 11.0 Å². The molecule has 2 amide bonds. The molecular formula is C23H25N3O5S2. The largest absolute Gasteiger partial charge is 0.341 e. The van der Waals surface area contributed by atoms with Crippen LogP contribution >= 0.6 is 11.8 Å². The van der Waals surface area contributed by atoms with Crippen molar-refractivity contribution in [1.82, 2.24) is 4.90 Å². The summed E-state index contributed by atoms with van der Waals surface area (Å²) >= 11 is 1.15. The van der Waals surface area contributed by atoms with E-state index in [1.807, 2.05) is 0 Å². The quantitative estimate of drug-likeness (QED) is 0.493. The van der Waals surface area contributed by atoms with Crippen LogP contribution in [0.5, 0.6) is 0 Å². The number of carbonyl (C=O) groups excluding carboxylic acids is 3. The van der Waals surface area contributed by atoms with Gasteiger partial charge in [-0.15, -0.1) is 11.8 Å². The smallest absolute Gasteiger partial charge is 0.261 e. The van der Waals surface area contributed by atoms with E-state index in [0.717, 1.165) is 37.4 Å². The van der Waals surface area contributed by atoms with Crippen LogP contribution in [-0.2, 0) is 19.6 Å². The average Bonchev–Trinajstić information content (AvgIpc) is 3.07. The highest BCUT2D eigenvalue weighted by Gasteiger charge is 2.36. The van der Waals surface area contributed by atoms with Crippen LogP contribution in [0.15, 0.2) is 52.3 Å². The van der Waals surface area contributed by atoms with Crippen molar-refractivity contribution < 1.29 is 22.8 Å². The number of hydrogen-bond acceptors (Lipinski definition) is 6. The van der Waals surface area contributed by atoms with Crippen LogP contribution in [0.4, 0.5) is 11.4 Å². The molecule has 0 aliphatic carbocycles. The fraction of sp³-hybridized carbons (Fsp3) is 0.348. The van der Waals surface area contributed by atoms with Gasteiger partial charge in [-0.2, -0.15) is 0 Å². The number of amides is 2. The number of nitrogens with one attached hydrogen (secondary N) is 2. The molecule has 1 fully saturated rings. The third-order valence-electron chi connectivity index (χ3n) is 5.67. The molecule has 0 aromatic heterocycles. The predicted octanol–water partition coefficient (Wildman–Crippen LogP) is 3.51. The Balaban J connectivity index is 1.53. The van der Waals surface area contributed by atoms with Gasteiger partial charge in [-0.1, -0.05) is 25.0 Å². The first kappa shape index (κ1) is 23.3. The number of sulfonamides is 1. The maximum absolute atomic E-state index is 12.9. The first-order valence-corrected chi connectivity index (χ1v) is 13.1. The van der Waals surface area contributed by atoms with Gasteiger partial charge in [-0.25, -0.2) is 8.42 Å². The second-order valence-corrected chi connectivity index (χ2v) is 11.0. The third-order valence-corrected chi connectivity index (χ3v) is 8.31. The van der Waals surface area contributed by atoms with Crippen molar-refractivity contribution in [3.63, 3.8) is 0 Å². The van der Waals surface area contributed by atoms with Crippen molar-refractivity contribution in [2.24, 2.45) is 0 Å². The van der Waals surface area contributed by atoms with Crippen LogP contribution in [0.1, 0.15) is 43.0 Å². The summed E-state index contributed by atoms with van der Waals surface area (Å²) in [4.78, 5) is 39.6. The molecule has 0 spiro atoms. The van der Waals surface area contributed by atoms with Crippen molar-refractivity contribution in [1.29, 1.82) is 0 Å². The fourth-order valence-electron chi connectivity index (χ4n) is 3.89. The number of benzene rings is 2. The Hall–Kier alpha value is -2.85. The molecule has 0 bridgehead atoms. The van der Waals surface area contributed by atoms with Crippen molar-refractivity contribution in [3.8, 4) is 0 Å². The Morgan fingerprint density at radius 3 is 2.48 bits per heavy atom. The first-order chi connectivity index (χ1) is 15.7. The topological polar surface area (TPSA) is 113 Å². The lowest BCUT2D eigenvalue weighted by atomic mass is 10.1. The zero-order valence-electron chi connectivity index (χ0n) is 18.2. The molecule has 1 atom stereocenters. The van der Waals surface area contributed by atoms with Crippen LogP contribution in [0.3, 0.4) is 0 Å². The monoisotopic (exact) mass is 487 g/mol. The Morgan fingerprint density at radius 1 is 1.06 bits per heavy atom. The van der Waals surface area contributed by atoms with Gasteiger partial charge in [0.25, 0.3) is 10.0 Å². The summed E-state index contributed by atoms with van der Waals surface area (Å²) in [6.45, 7) is 2.72. The molecule has 1 unspecified atom stereocenters. The number of carbonyl (C=O) groups is 3. The minimum atomic E-state index is -3.95. The van der Waals surface area contributed by atoms with E-state index in [1.165, 1.54) is 25.1 Å². The Kier molecular flexibility index (Phi) is 6.76. The molecule has 33 heavy (non-hydrogen) atoms. The number of hydrogen-bond donors (Lipinski definition) is 2. The van der Waals surface area contributed by atoms with E-state index in [1.54, 1.807) is 29.2 Å². The molecule has 2 aromatic rings. The zero-order valence-corrected chi connectivity index (χ0v) is 19.8. The molecule has 2 heterocycles. The highest BCUT2D eigenvalue weighted by Crippen LogP contribution is 2.38. The Morgan fingerprint density at radius 2 is 1.79 bits per heavy atom. The number of Topliss-reactive ketones (excluding diaryl/α,β-unsaturated/α-hetero) is 1. The van der Waals surface area contributed by atoms with Crippen LogP contribution in [-0.4, -0.2) is 49.3 Å². The van der Waals surface area contributed by atoms with Gasteiger partial charge >= 0.3 is 0 Å². The molecule has 0 saturated carbocycles. The van der Waals surface area contributed by atoms with E-state index in [4.69, 9.17) is 0 Å². The van der Waals surface area contributed by atoms with E-state index in [-0.39, 0.29) is 22.3 Å². The molecule has 2 aliphatic heterocycles. The van der Waals surface area contributed by atoms with E-state index in [9.17, 15) is 22.8 Å². The number of likely N-dealkylation sites (tertiary alicyclic amines) is 1. The van der Waals surface area contributed by atoms with E-state index >= 15 is 0 Å². The summed E-state index contributed by atoms with van der Waals surface area (Å²) in [6.07, 6.45) is 4.04. The van der Waals surface area contributed by atoms with E-state index in [0.29, 0.717) is 29.2 Å². The molecule has 0 radical (unpaired) electrons. The minimum absolute atomic E-state index is 0.0346. The fourth-order valence-corrected chi connectivity index (χ4v) is 6.02. The SMILES string of the molecule is CC(=O)c1cccc(NS(=O)(=O)c2ccc3c(c2)NC(=O)C(C(=O)N2CCCCCC2)S3)c1. The van der Waals surface area contributed by atoms with Gasteiger partial charge in [-0.05, 0) is 50.1 Å². The Labute approximate surface area is 197 Å². The summed E-state index contributed by atoms with van der Waals surface area (Å²) < 4.78 is 28.2. The van der Waals surface area contributed by atoms with Crippen LogP contribution < -0.4 is 10.0 Å². The number of ketones is 1.